The van der Waals surface area contributed by atoms with Gasteiger partial charge in [-0.1, -0.05) is 29.3 Å². The summed E-state index contributed by atoms with van der Waals surface area (Å²) in [6, 6.07) is 5.43. The fraction of sp³-hybridized carbons (Fsp3) is 0.533. The molecule has 2 aliphatic rings. The highest BCUT2D eigenvalue weighted by molar-refractivity contribution is 6.36. The Bertz CT molecular complexity index is 518. The zero-order chi connectivity index (χ0) is 14.3. The van der Waals surface area contributed by atoms with Crippen molar-refractivity contribution in [2.45, 2.75) is 37.1 Å². The average Bonchev–Trinajstić information content (AvgIpc) is 3.27. The highest BCUT2D eigenvalue weighted by Gasteiger charge is 2.53. The lowest BCUT2D eigenvalue weighted by molar-refractivity contribution is -0.123. The summed E-state index contributed by atoms with van der Waals surface area (Å²) < 4.78 is 0. The van der Waals surface area contributed by atoms with Gasteiger partial charge in [-0.3, -0.25) is 4.79 Å². The van der Waals surface area contributed by atoms with Crippen LogP contribution in [0.1, 0.15) is 31.2 Å². The van der Waals surface area contributed by atoms with Crippen molar-refractivity contribution in [1.29, 1.82) is 0 Å². The number of carbonyl (C=O) groups excluding carboxylic acids is 1. The Hall–Kier alpha value is -0.770. The summed E-state index contributed by atoms with van der Waals surface area (Å²) in [6.07, 6.45) is 3.94. The summed E-state index contributed by atoms with van der Waals surface area (Å²) in [5.74, 6) is 0.581. The van der Waals surface area contributed by atoms with Crippen LogP contribution < -0.4 is 11.1 Å². The number of hydrogen-bond acceptors (Lipinski definition) is 2. The predicted octanol–water partition coefficient (Wildman–Crippen LogP) is 2.88. The van der Waals surface area contributed by atoms with Crippen molar-refractivity contribution in [2.24, 2.45) is 11.7 Å². The lowest BCUT2D eigenvalue weighted by atomic mass is 9.94. The monoisotopic (exact) mass is 312 g/mol. The maximum absolute atomic E-state index is 12.5. The zero-order valence-electron chi connectivity index (χ0n) is 11.2. The minimum Gasteiger partial charge on any atom is -0.354 e. The van der Waals surface area contributed by atoms with Crippen molar-refractivity contribution in [3.63, 3.8) is 0 Å². The molecule has 20 heavy (non-hydrogen) atoms. The van der Waals surface area contributed by atoms with Crippen molar-refractivity contribution in [3.05, 3.63) is 33.8 Å². The van der Waals surface area contributed by atoms with Crippen molar-refractivity contribution in [1.82, 2.24) is 5.32 Å². The van der Waals surface area contributed by atoms with E-state index < -0.39 is 5.41 Å². The standard InChI is InChI=1S/C15H18Cl2N2O/c16-10-2-1-3-11(17)13(10)15(6-7-15)14(20)19-8-12(18)9-4-5-9/h1-3,9,12H,4-8,18H2,(H,19,20). The Morgan fingerprint density at radius 1 is 1.35 bits per heavy atom. The third-order valence-corrected chi connectivity index (χ3v) is 4.98. The molecule has 2 aliphatic carbocycles. The summed E-state index contributed by atoms with van der Waals surface area (Å²) in [7, 11) is 0. The van der Waals surface area contributed by atoms with E-state index in [0.29, 0.717) is 22.5 Å². The van der Waals surface area contributed by atoms with Crippen molar-refractivity contribution in [2.75, 3.05) is 6.54 Å². The Labute approximate surface area is 128 Å². The molecule has 0 saturated heterocycles. The normalized spacial score (nSPS) is 21.4. The van der Waals surface area contributed by atoms with Crippen LogP contribution in [0.5, 0.6) is 0 Å². The molecule has 0 spiro atoms. The minimum atomic E-state index is -0.543. The van der Waals surface area contributed by atoms with Gasteiger partial charge in [-0.15, -0.1) is 0 Å². The first kappa shape index (κ1) is 14.2. The van der Waals surface area contributed by atoms with Gasteiger partial charge in [-0.2, -0.15) is 0 Å². The molecular weight excluding hydrogens is 295 g/mol. The Morgan fingerprint density at radius 3 is 2.45 bits per heavy atom. The summed E-state index contributed by atoms with van der Waals surface area (Å²) in [6.45, 7) is 0.535. The SMILES string of the molecule is NC(CNC(=O)C1(c2c(Cl)cccc2Cl)CC1)C1CC1. The highest BCUT2D eigenvalue weighted by Crippen LogP contribution is 2.53. The molecule has 3 nitrogen and oxygen atoms in total. The Kier molecular flexibility index (Phi) is 3.69. The molecule has 1 aromatic carbocycles. The second-order valence-corrected chi connectivity index (χ2v) is 6.70. The third-order valence-electron chi connectivity index (χ3n) is 4.35. The van der Waals surface area contributed by atoms with E-state index in [1.165, 1.54) is 12.8 Å². The number of carbonyl (C=O) groups is 1. The summed E-state index contributed by atoms with van der Waals surface area (Å²) in [5.41, 5.74) is 6.24. The molecule has 0 bridgehead atoms. The van der Waals surface area contributed by atoms with Gasteiger partial charge >= 0.3 is 0 Å². The lowest BCUT2D eigenvalue weighted by Crippen LogP contribution is -2.43. The van der Waals surface area contributed by atoms with Crippen LogP contribution in [0.2, 0.25) is 10.0 Å². The zero-order valence-corrected chi connectivity index (χ0v) is 12.7. The van der Waals surface area contributed by atoms with Gasteiger partial charge in [0.05, 0.1) is 5.41 Å². The van der Waals surface area contributed by atoms with Gasteiger partial charge in [0.2, 0.25) is 5.91 Å². The first-order chi connectivity index (χ1) is 9.54. The van der Waals surface area contributed by atoms with Crippen LogP contribution in [0, 0.1) is 5.92 Å². The number of nitrogens with one attached hydrogen (secondary N) is 1. The molecule has 108 valence electrons. The van der Waals surface area contributed by atoms with Gasteiger partial charge in [-0.25, -0.2) is 0 Å². The summed E-state index contributed by atoms with van der Waals surface area (Å²) >= 11 is 12.5. The van der Waals surface area contributed by atoms with E-state index in [-0.39, 0.29) is 11.9 Å². The number of rotatable bonds is 5. The van der Waals surface area contributed by atoms with Crippen molar-refractivity contribution < 1.29 is 4.79 Å². The molecule has 0 aliphatic heterocycles. The van der Waals surface area contributed by atoms with E-state index in [2.05, 4.69) is 5.32 Å². The van der Waals surface area contributed by atoms with Crippen molar-refractivity contribution in [3.8, 4) is 0 Å². The molecule has 1 aromatic rings. The van der Waals surface area contributed by atoms with E-state index in [1.807, 2.05) is 0 Å². The summed E-state index contributed by atoms with van der Waals surface area (Å²) in [5, 5.41) is 4.11. The fourth-order valence-electron chi connectivity index (χ4n) is 2.74. The number of benzene rings is 1. The topological polar surface area (TPSA) is 55.1 Å². The molecule has 0 radical (unpaired) electrons. The van der Waals surface area contributed by atoms with Gasteiger partial charge in [0.15, 0.2) is 0 Å². The van der Waals surface area contributed by atoms with Crippen LogP contribution in [-0.4, -0.2) is 18.5 Å². The third kappa shape index (κ3) is 2.54. The van der Waals surface area contributed by atoms with Gasteiger partial charge < -0.3 is 11.1 Å². The molecule has 1 unspecified atom stereocenters. The molecule has 5 heteroatoms. The van der Waals surface area contributed by atoms with Crippen LogP contribution in [0.15, 0.2) is 18.2 Å². The smallest absolute Gasteiger partial charge is 0.230 e. The predicted molar refractivity (Wildman–Crippen MR) is 81.1 cm³/mol. The Morgan fingerprint density at radius 2 is 1.95 bits per heavy atom. The van der Waals surface area contributed by atoms with Crippen LogP contribution in [-0.2, 0) is 10.2 Å². The maximum atomic E-state index is 12.5. The maximum Gasteiger partial charge on any atom is 0.230 e. The molecule has 1 amide bonds. The number of nitrogens with two attached hydrogens (primary N) is 1. The quantitative estimate of drug-likeness (QED) is 0.878. The van der Waals surface area contributed by atoms with E-state index in [4.69, 9.17) is 28.9 Å². The molecule has 1 atom stereocenters. The number of amides is 1. The van der Waals surface area contributed by atoms with Crippen LogP contribution in [0.4, 0.5) is 0 Å². The van der Waals surface area contributed by atoms with Gasteiger partial charge in [-0.05, 0) is 43.7 Å². The minimum absolute atomic E-state index is 0.00333. The molecule has 0 heterocycles. The van der Waals surface area contributed by atoms with Crippen LogP contribution >= 0.6 is 23.2 Å². The first-order valence-electron chi connectivity index (χ1n) is 7.03. The molecule has 3 N–H and O–H groups in total. The second-order valence-electron chi connectivity index (χ2n) is 5.89. The van der Waals surface area contributed by atoms with Gasteiger partial charge in [0.1, 0.15) is 0 Å². The van der Waals surface area contributed by atoms with E-state index in [0.717, 1.165) is 18.4 Å². The second kappa shape index (κ2) is 5.21. The van der Waals surface area contributed by atoms with E-state index in [1.54, 1.807) is 18.2 Å². The van der Waals surface area contributed by atoms with Crippen LogP contribution in [0.25, 0.3) is 0 Å². The van der Waals surface area contributed by atoms with Crippen LogP contribution in [0.3, 0.4) is 0 Å². The first-order valence-corrected chi connectivity index (χ1v) is 7.78. The molecule has 3 rings (SSSR count). The molecule has 2 fully saturated rings. The van der Waals surface area contributed by atoms with E-state index in [9.17, 15) is 4.79 Å². The Balaban J connectivity index is 1.73. The summed E-state index contributed by atoms with van der Waals surface area (Å²) in [4.78, 5) is 12.5. The molecule has 2 saturated carbocycles. The van der Waals surface area contributed by atoms with Crippen molar-refractivity contribution >= 4 is 29.1 Å². The average molecular weight is 313 g/mol. The fourth-order valence-corrected chi connectivity index (χ4v) is 3.50. The lowest BCUT2D eigenvalue weighted by Gasteiger charge is -2.20. The number of hydrogen-bond donors (Lipinski definition) is 2. The molecule has 0 aromatic heterocycles. The largest absolute Gasteiger partial charge is 0.354 e. The van der Waals surface area contributed by atoms with E-state index >= 15 is 0 Å². The highest BCUT2D eigenvalue weighted by atomic mass is 35.5. The molecular formula is C15H18Cl2N2O. The van der Waals surface area contributed by atoms with Gasteiger partial charge in [0, 0.05) is 28.2 Å². The number of halogens is 2. The van der Waals surface area contributed by atoms with Gasteiger partial charge in [0.25, 0.3) is 0 Å².